The number of aromatic nitrogens is 2. The predicted molar refractivity (Wildman–Crippen MR) is 138 cm³/mol. The summed E-state index contributed by atoms with van der Waals surface area (Å²) in [4.78, 5) is 17.7. The molecule has 2 saturated carbocycles. The molecule has 4 heterocycles. The van der Waals surface area contributed by atoms with E-state index in [1.54, 1.807) is 13.8 Å². The molecule has 2 atom stereocenters. The third-order valence-electron chi connectivity index (χ3n) is 9.40. The molecule has 190 valence electrons. The third kappa shape index (κ3) is 5.01. The van der Waals surface area contributed by atoms with Gasteiger partial charge in [0.25, 0.3) is 0 Å². The van der Waals surface area contributed by atoms with Gasteiger partial charge in [-0.2, -0.15) is 0 Å². The third-order valence-corrected chi connectivity index (χ3v) is 9.40. The Morgan fingerprint density at radius 2 is 1.44 bits per heavy atom. The van der Waals surface area contributed by atoms with Crippen LogP contribution in [-0.4, -0.2) is 81.3 Å². The van der Waals surface area contributed by atoms with Gasteiger partial charge in [-0.05, 0) is 109 Å². The molecule has 0 aromatic carbocycles. The molecule has 2 aliphatic carbocycles. The fourth-order valence-electron chi connectivity index (χ4n) is 7.24. The van der Waals surface area contributed by atoms with Gasteiger partial charge in [0.1, 0.15) is 0 Å². The summed E-state index contributed by atoms with van der Waals surface area (Å²) in [6.07, 6.45) is 16.8. The lowest BCUT2D eigenvalue weighted by molar-refractivity contribution is -0.0611. The fourth-order valence-corrected chi connectivity index (χ4v) is 7.24. The number of rotatable bonds is 4. The highest BCUT2D eigenvalue weighted by atomic mass is 16.3. The van der Waals surface area contributed by atoms with E-state index in [0.717, 1.165) is 17.4 Å². The summed E-state index contributed by atoms with van der Waals surface area (Å²) < 4.78 is 0. The Bertz CT molecular complexity index is 775. The molecular weight excluding hydrogens is 422 g/mol. The van der Waals surface area contributed by atoms with Gasteiger partial charge >= 0.3 is 0 Å². The molecule has 2 unspecified atom stereocenters. The van der Waals surface area contributed by atoms with Crippen molar-refractivity contribution >= 4 is 5.95 Å². The lowest BCUT2D eigenvalue weighted by Crippen LogP contribution is -2.56. The Balaban J connectivity index is 0.000000560. The highest BCUT2D eigenvalue weighted by Gasteiger charge is 2.50. The molecule has 0 radical (unpaired) electrons. The normalized spacial score (nSPS) is 29.8. The van der Waals surface area contributed by atoms with Crippen LogP contribution >= 0.6 is 0 Å². The van der Waals surface area contributed by atoms with Crippen molar-refractivity contribution < 1.29 is 5.11 Å². The van der Waals surface area contributed by atoms with Gasteiger partial charge in [-0.15, -0.1) is 0 Å². The summed E-state index contributed by atoms with van der Waals surface area (Å²) in [7, 11) is 0. The SMILES string of the molecule is CC(C)N1CC2CCC(C1)N2c1ncc(C2CCN(C3CC4(CCC4)C3)CC2)cn1.CC(C)O. The minimum absolute atomic E-state index is 0.167. The molecule has 3 saturated heterocycles. The second kappa shape index (κ2) is 10.0. The summed E-state index contributed by atoms with van der Waals surface area (Å²) in [5.41, 5.74) is 2.17. The molecule has 3 aliphatic heterocycles. The molecular formula is C28H47N5O. The van der Waals surface area contributed by atoms with Gasteiger partial charge in [0.2, 0.25) is 5.95 Å². The largest absolute Gasteiger partial charge is 0.394 e. The molecule has 1 N–H and O–H groups in total. The minimum atomic E-state index is -0.167. The molecule has 1 aromatic heterocycles. The standard InChI is InChI=1S/C25H39N5.C3H8O/c1-18(2)29-16-21-4-5-22(17-29)30(21)24-26-14-20(15-27-24)19-6-10-28(11-7-19)23-12-25(13-23)8-3-9-25;1-3(2)4/h14-15,18-19,21-23H,3-13,16-17H2,1-2H3;3-4H,1-2H3. The van der Waals surface area contributed by atoms with Gasteiger partial charge < -0.3 is 14.9 Å². The van der Waals surface area contributed by atoms with Crippen molar-refractivity contribution in [2.75, 3.05) is 31.1 Å². The van der Waals surface area contributed by atoms with Gasteiger partial charge in [-0.1, -0.05) is 6.42 Å². The van der Waals surface area contributed by atoms with Crippen LogP contribution in [0.1, 0.15) is 97.0 Å². The maximum Gasteiger partial charge on any atom is 0.225 e. The van der Waals surface area contributed by atoms with E-state index < -0.39 is 0 Å². The van der Waals surface area contributed by atoms with E-state index in [2.05, 4.69) is 40.9 Å². The van der Waals surface area contributed by atoms with E-state index >= 15 is 0 Å². The number of likely N-dealkylation sites (tertiary alicyclic amines) is 2. The Morgan fingerprint density at radius 1 is 0.882 bits per heavy atom. The molecule has 5 fully saturated rings. The summed E-state index contributed by atoms with van der Waals surface area (Å²) in [5.74, 6) is 1.63. The first-order chi connectivity index (χ1) is 16.3. The van der Waals surface area contributed by atoms with E-state index in [9.17, 15) is 0 Å². The van der Waals surface area contributed by atoms with Crippen molar-refractivity contribution in [1.82, 2.24) is 19.8 Å². The van der Waals surface area contributed by atoms with Crippen LogP contribution < -0.4 is 4.90 Å². The quantitative estimate of drug-likeness (QED) is 0.704. The summed E-state index contributed by atoms with van der Waals surface area (Å²) in [6.45, 7) is 13.0. The van der Waals surface area contributed by atoms with E-state index in [1.807, 2.05) is 0 Å². The molecule has 6 nitrogen and oxygen atoms in total. The molecule has 6 rings (SSSR count). The average Bonchev–Trinajstić information content (AvgIpc) is 3.01. The smallest absolute Gasteiger partial charge is 0.225 e. The molecule has 2 bridgehead atoms. The van der Waals surface area contributed by atoms with Crippen molar-refractivity contribution in [2.24, 2.45) is 5.41 Å². The summed E-state index contributed by atoms with van der Waals surface area (Å²) in [5, 5.41) is 8.06. The number of piperidine rings is 1. The van der Waals surface area contributed by atoms with Gasteiger partial charge in [0, 0.05) is 55.8 Å². The first-order valence-electron chi connectivity index (χ1n) is 14.1. The molecule has 0 amide bonds. The van der Waals surface area contributed by atoms with E-state index in [-0.39, 0.29) is 6.10 Å². The lowest BCUT2D eigenvalue weighted by Gasteiger charge is -2.58. The van der Waals surface area contributed by atoms with Crippen molar-refractivity contribution in [3.63, 3.8) is 0 Å². The average molecular weight is 470 g/mol. The minimum Gasteiger partial charge on any atom is -0.394 e. The Hall–Kier alpha value is -1.24. The van der Waals surface area contributed by atoms with Crippen LogP contribution in [0.3, 0.4) is 0 Å². The van der Waals surface area contributed by atoms with Crippen LogP contribution in [0.2, 0.25) is 0 Å². The molecule has 5 aliphatic rings. The number of hydrogen-bond acceptors (Lipinski definition) is 6. The molecule has 1 spiro atoms. The van der Waals surface area contributed by atoms with Crippen molar-refractivity contribution in [3.05, 3.63) is 18.0 Å². The van der Waals surface area contributed by atoms with Crippen LogP contribution in [0.15, 0.2) is 12.4 Å². The predicted octanol–water partition coefficient (Wildman–Crippen LogP) is 4.44. The van der Waals surface area contributed by atoms with Crippen molar-refractivity contribution in [2.45, 2.75) is 122 Å². The fraction of sp³-hybridized carbons (Fsp3) is 0.857. The van der Waals surface area contributed by atoms with Gasteiger partial charge in [-0.3, -0.25) is 4.90 Å². The Labute approximate surface area is 207 Å². The monoisotopic (exact) mass is 469 g/mol. The zero-order valence-corrected chi connectivity index (χ0v) is 22.0. The molecule has 1 aromatic rings. The Morgan fingerprint density at radius 3 is 1.91 bits per heavy atom. The van der Waals surface area contributed by atoms with Crippen LogP contribution in [0.25, 0.3) is 0 Å². The second-order valence-corrected chi connectivity index (χ2v) is 12.5. The zero-order chi connectivity index (χ0) is 23.9. The molecule has 34 heavy (non-hydrogen) atoms. The van der Waals surface area contributed by atoms with E-state index in [1.165, 1.54) is 89.5 Å². The van der Waals surface area contributed by atoms with Crippen LogP contribution in [0.5, 0.6) is 0 Å². The van der Waals surface area contributed by atoms with E-state index in [4.69, 9.17) is 15.1 Å². The number of nitrogens with zero attached hydrogens (tertiary/aromatic N) is 5. The topological polar surface area (TPSA) is 55.7 Å². The lowest BCUT2D eigenvalue weighted by atomic mass is 9.53. The maximum absolute atomic E-state index is 8.06. The first kappa shape index (κ1) is 24.5. The van der Waals surface area contributed by atoms with Crippen LogP contribution in [0, 0.1) is 5.41 Å². The summed E-state index contributed by atoms with van der Waals surface area (Å²) >= 11 is 0. The van der Waals surface area contributed by atoms with Crippen LogP contribution in [-0.2, 0) is 0 Å². The second-order valence-electron chi connectivity index (χ2n) is 12.5. The van der Waals surface area contributed by atoms with Gasteiger partial charge in [0.15, 0.2) is 0 Å². The Kier molecular flexibility index (Phi) is 7.21. The highest BCUT2D eigenvalue weighted by Crippen LogP contribution is 2.57. The number of fused-ring (bicyclic) bond motifs is 2. The van der Waals surface area contributed by atoms with Crippen molar-refractivity contribution in [1.29, 1.82) is 0 Å². The van der Waals surface area contributed by atoms with Crippen LogP contribution in [0.4, 0.5) is 5.95 Å². The van der Waals surface area contributed by atoms with E-state index in [0.29, 0.717) is 24.0 Å². The maximum atomic E-state index is 8.06. The number of piperazine rings is 1. The highest BCUT2D eigenvalue weighted by molar-refractivity contribution is 5.38. The summed E-state index contributed by atoms with van der Waals surface area (Å²) in [6, 6.07) is 2.73. The number of aliphatic hydroxyl groups excluding tert-OH is 1. The van der Waals surface area contributed by atoms with Gasteiger partial charge in [-0.25, -0.2) is 9.97 Å². The molecule has 6 heteroatoms. The zero-order valence-electron chi connectivity index (χ0n) is 22.0. The number of anilines is 1. The number of aliphatic hydroxyl groups is 1. The number of hydrogen-bond donors (Lipinski definition) is 1. The first-order valence-corrected chi connectivity index (χ1v) is 14.1. The van der Waals surface area contributed by atoms with Gasteiger partial charge in [0.05, 0.1) is 0 Å². The van der Waals surface area contributed by atoms with Crippen molar-refractivity contribution in [3.8, 4) is 0 Å².